The van der Waals surface area contributed by atoms with Gasteiger partial charge in [-0.05, 0) is 30.7 Å². The molecule has 6 nitrogen and oxygen atoms in total. The smallest absolute Gasteiger partial charge is 0.272 e. The van der Waals surface area contributed by atoms with Gasteiger partial charge in [-0.1, -0.05) is 25.1 Å². The van der Waals surface area contributed by atoms with E-state index in [-0.39, 0.29) is 16.3 Å². The number of sulfone groups is 1. The average molecular weight is 334 g/mol. The van der Waals surface area contributed by atoms with Gasteiger partial charge in [-0.25, -0.2) is 8.42 Å². The molecular weight excluding hydrogens is 316 g/mol. The van der Waals surface area contributed by atoms with Gasteiger partial charge in [0, 0.05) is 23.9 Å². The lowest BCUT2D eigenvalue weighted by atomic mass is 10.1. The van der Waals surface area contributed by atoms with E-state index in [9.17, 15) is 18.5 Å². The van der Waals surface area contributed by atoms with E-state index in [0.717, 1.165) is 5.56 Å². The van der Waals surface area contributed by atoms with E-state index in [0.29, 0.717) is 17.8 Å². The molecule has 0 radical (unpaired) electrons. The molecule has 0 atom stereocenters. The molecule has 0 unspecified atom stereocenters. The number of hydrogen-bond acceptors (Lipinski definition) is 5. The van der Waals surface area contributed by atoms with Crippen molar-refractivity contribution < 1.29 is 13.3 Å². The van der Waals surface area contributed by atoms with Crippen LogP contribution in [0.25, 0.3) is 0 Å². The molecule has 122 valence electrons. The number of rotatable bonds is 6. The highest BCUT2D eigenvalue weighted by Gasteiger charge is 2.14. The van der Waals surface area contributed by atoms with Crippen LogP contribution >= 0.6 is 0 Å². The Balaban J connectivity index is 2.21. The van der Waals surface area contributed by atoms with Crippen LogP contribution in [0.1, 0.15) is 18.1 Å². The summed E-state index contributed by atoms with van der Waals surface area (Å²) in [5, 5.41) is 14.1. The van der Waals surface area contributed by atoms with Crippen LogP contribution in [-0.2, 0) is 16.4 Å². The van der Waals surface area contributed by atoms with Crippen LogP contribution < -0.4 is 5.32 Å². The van der Waals surface area contributed by atoms with Crippen molar-refractivity contribution in [1.29, 1.82) is 0 Å². The molecule has 2 aromatic rings. The minimum absolute atomic E-state index is 0.0421. The second kappa shape index (κ2) is 6.78. The van der Waals surface area contributed by atoms with Crippen LogP contribution in [0.2, 0.25) is 0 Å². The highest BCUT2D eigenvalue weighted by Crippen LogP contribution is 2.23. The summed E-state index contributed by atoms with van der Waals surface area (Å²) in [6.07, 6.45) is 0. The van der Waals surface area contributed by atoms with E-state index in [1.165, 1.54) is 6.07 Å². The lowest BCUT2D eigenvalue weighted by Gasteiger charge is -2.10. The third kappa shape index (κ3) is 3.87. The number of nitro benzene ring substituents is 1. The number of nitro groups is 1. The van der Waals surface area contributed by atoms with Gasteiger partial charge in [0.15, 0.2) is 9.84 Å². The lowest BCUT2D eigenvalue weighted by Crippen LogP contribution is -2.06. The highest BCUT2D eigenvalue weighted by atomic mass is 32.2. The Kier molecular flexibility index (Phi) is 5.00. The zero-order valence-electron chi connectivity index (χ0n) is 12.9. The maximum atomic E-state index is 11.9. The molecule has 0 fully saturated rings. The van der Waals surface area contributed by atoms with E-state index in [2.05, 4.69) is 5.32 Å². The van der Waals surface area contributed by atoms with E-state index in [1.54, 1.807) is 44.2 Å². The molecule has 0 spiro atoms. The van der Waals surface area contributed by atoms with Crippen LogP contribution in [0, 0.1) is 17.0 Å². The van der Waals surface area contributed by atoms with Gasteiger partial charge in [0.05, 0.1) is 15.6 Å². The predicted molar refractivity (Wildman–Crippen MR) is 89.3 cm³/mol. The SMILES string of the molecule is CCS(=O)(=O)c1cccc(NCc2cccc([N+](=O)[O-])c2C)c1. The molecule has 0 amide bonds. The first-order valence-corrected chi connectivity index (χ1v) is 8.80. The Bertz CT molecular complexity index is 832. The second-order valence-electron chi connectivity index (χ2n) is 5.10. The molecule has 0 aliphatic heterocycles. The Morgan fingerprint density at radius 1 is 1.17 bits per heavy atom. The fourth-order valence-corrected chi connectivity index (χ4v) is 3.15. The summed E-state index contributed by atoms with van der Waals surface area (Å²) in [5.74, 6) is 0.0421. The van der Waals surface area contributed by atoms with Gasteiger partial charge in [0.2, 0.25) is 0 Å². The number of nitrogens with one attached hydrogen (secondary N) is 1. The molecule has 1 N–H and O–H groups in total. The first-order valence-electron chi connectivity index (χ1n) is 7.14. The van der Waals surface area contributed by atoms with Gasteiger partial charge in [-0.2, -0.15) is 0 Å². The van der Waals surface area contributed by atoms with E-state index >= 15 is 0 Å². The number of nitrogens with zero attached hydrogens (tertiary/aromatic N) is 1. The molecule has 2 aromatic carbocycles. The maximum absolute atomic E-state index is 11.9. The fourth-order valence-electron chi connectivity index (χ4n) is 2.22. The van der Waals surface area contributed by atoms with E-state index < -0.39 is 14.8 Å². The number of hydrogen-bond donors (Lipinski definition) is 1. The number of anilines is 1. The minimum atomic E-state index is -3.26. The van der Waals surface area contributed by atoms with Crippen molar-refractivity contribution in [3.63, 3.8) is 0 Å². The van der Waals surface area contributed by atoms with Gasteiger partial charge < -0.3 is 5.32 Å². The van der Waals surface area contributed by atoms with E-state index in [1.807, 2.05) is 6.07 Å². The quantitative estimate of drug-likeness (QED) is 0.646. The first kappa shape index (κ1) is 17.0. The van der Waals surface area contributed by atoms with Crippen molar-refractivity contribution in [3.05, 3.63) is 63.7 Å². The van der Waals surface area contributed by atoms with Crippen LogP contribution in [0.4, 0.5) is 11.4 Å². The van der Waals surface area contributed by atoms with E-state index in [4.69, 9.17) is 0 Å². The van der Waals surface area contributed by atoms with Crippen molar-refractivity contribution in [2.45, 2.75) is 25.3 Å². The Morgan fingerprint density at radius 2 is 1.87 bits per heavy atom. The molecule has 23 heavy (non-hydrogen) atoms. The summed E-state index contributed by atoms with van der Waals surface area (Å²) in [7, 11) is -3.26. The fraction of sp³-hybridized carbons (Fsp3) is 0.250. The molecular formula is C16H18N2O4S. The van der Waals surface area contributed by atoms with Crippen LogP contribution in [-0.4, -0.2) is 19.1 Å². The summed E-state index contributed by atoms with van der Waals surface area (Å²) >= 11 is 0. The van der Waals surface area contributed by atoms with Gasteiger partial charge >= 0.3 is 0 Å². The summed E-state index contributed by atoms with van der Waals surface area (Å²) < 4.78 is 23.8. The zero-order chi connectivity index (χ0) is 17.0. The largest absolute Gasteiger partial charge is 0.381 e. The monoisotopic (exact) mass is 334 g/mol. The molecule has 0 heterocycles. The van der Waals surface area contributed by atoms with Gasteiger partial charge in [-0.15, -0.1) is 0 Å². The lowest BCUT2D eigenvalue weighted by molar-refractivity contribution is -0.385. The third-order valence-electron chi connectivity index (χ3n) is 3.67. The van der Waals surface area contributed by atoms with Crippen molar-refractivity contribution in [2.24, 2.45) is 0 Å². The molecule has 0 aromatic heterocycles. The van der Waals surface area contributed by atoms with Crippen molar-refractivity contribution in [3.8, 4) is 0 Å². The zero-order valence-corrected chi connectivity index (χ0v) is 13.8. The van der Waals surface area contributed by atoms with Crippen LogP contribution in [0.3, 0.4) is 0 Å². The average Bonchev–Trinajstić information content (AvgIpc) is 2.54. The van der Waals surface area contributed by atoms with Gasteiger partial charge in [-0.3, -0.25) is 10.1 Å². The predicted octanol–water partition coefficient (Wildman–Crippen LogP) is 3.31. The summed E-state index contributed by atoms with van der Waals surface area (Å²) in [6.45, 7) is 3.68. The van der Waals surface area contributed by atoms with Crippen LogP contribution in [0.15, 0.2) is 47.4 Å². The van der Waals surface area contributed by atoms with Gasteiger partial charge in [0.25, 0.3) is 5.69 Å². The molecule has 0 saturated heterocycles. The molecule has 0 bridgehead atoms. The standard InChI is InChI=1S/C16H18N2O4S/c1-3-23(21,22)15-8-5-7-14(10-15)17-11-13-6-4-9-16(12(13)2)18(19)20/h4-10,17H,3,11H2,1-2H3. The number of benzene rings is 2. The van der Waals surface area contributed by atoms with Crippen molar-refractivity contribution in [1.82, 2.24) is 0 Å². The van der Waals surface area contributed by atoms with Crippen LogP contribution in [0.5, 0.6) is 0 Å². The van der Waals surface area contributed by atoms with Crippen molar-refractivity contribution >= 4 is 21.2 Å². The Hall–Kier alpha value is -2.41. The molecule has 0 aliphatic carbocycles. The highest BCUT2D eigenvalue weighted by molar-refractivity contribution is 7.91. The summed E-state index contributed by atoms with van der Waals surface area (Å²) in [5.41, 5.74) is 2.13. The third-order valence-corrected chi connectivity index (χ3v) is 5.40. The molecule has 2 rings (SSSR count). The second-order valence-corrected chi connectivity index (χ2v) is 7.38. The Labute approximate surface area is 135 Å². The summed E-state index contributed by atoms with van der Waals surface area (Å²) in [6, 6.07) is 11.5. The first-order chi connectivity index (χ1) is 10.8. The molecule has 7 heteroatoms. The van der Waals surface area contributed by atoms with Gasteiger partial charge in [0.1, 0.15) is 0 Å². The minimum Gasteiger partial charge on any atom is -0.381 e. The normalized spacial score (nSPS) is 11.2. The summed E-state index contributed by atoms with van der Waals surface area (Å²) in [4.78, 5) is 10.8. The molecule has 0 saturated carbocycles. The Morgan fingerprint density at radius 3 is 2.52 bits per heavy atom. The van der Waals surface area contributed by atoms with Crippen molar-refractivity contribution in [2.75, 3.05) is 11.1 Å². The molecule has 0 aliphatic rings. The topological polar surface area (TPSA) is 89.3 Å². The maximum Gasteiger partial charge on any atom is 0.272 e.